The molecule has 7 heteroatoms. The summed E-state index contributed by atoms with van der Waals surface area (Å²) in [7, 11) is 1.84. The molecule has 0 aromatic carbocycles. The van der Waals surface area contributed by atoms with Crippen LogP contribution in [0.25, 0.3) is 0 Å². The predicted molar refractivity (Wildman–Crippen MR) is 82.9 cm³/mol. The molecule has 1 aromatic rings. The molecule has 2 saturated heterocycles. The van der Waals surface area contributed by atoms with Gasteiger partial charge in [-0.1, -0.05) is 0 Å². The zero-order valence-electron chi connectivity index (χ0n) is 12.6. The van der Waals surface area contributed by atoms with Gasteiger partial charge in [-0.25, -0.2) is 0 Å². The van der Waals surface area contributed by atoms with Gasteiger partial charge in [0.15, 0.2) is 0 Å². The highest BCUT2D eigenvalue weighted by atomic mass is 16.5. The molecular weight excluding hydrogens is 268 g/mol. The van der Waals surface area contributed by atoms with E-state index in [1.54, 1.807) is 0 Å². The Morgan fingerprint density at radius 2 is 2.00 bits per heavy atom. The number of hydrogen-bond donors (Lipinski definition) is 2. The number of nitrogens with zero attached hydrogens (tertiary/aromatic N) is 4. The van der Waals surface area contributed by atoms with Crippen LogP contribution in [0.5, 0.6) is 0 Å². The van der Waals surface area contributed by atoms with Crippen LogP contribution >= 0.6 is 0 Å². The van der Waals surface area contributed by atoms with E-state index >= 15 is 0 Å². The second-order valence-electron chi connectivity index (χ2n) is 5.67. The molecule has 3 heterocycles. The molecule has 3 rings (SSSR count). The molecule has 0 radical (unpaired) electrons. The van der Waals surface area contributed by atoms with Gasteiger partial charge in [0.25, 0.3) is 0 Å². The summed E-state index contributed by atoms with van der Waals surface area (Å²) < 4.78 is 5.40. The van der Waals surface area contributed by atoms with E-state index in [9.17, 15) is 0 Å². The van der Waals surface area contributed by atoms with Gasteiger partial charge < -0.3 is 20.3 Å². The highest BCUT2D eigenvalue weighted by Crippen LogP contribution is 2.19. The second-order valence-corrected chi connectivity index (χ2v) is 5.67. The van der Waals surface area contributed by atoms with Crippen molar-refractivity contribution in [3.63, 3.8) is 0 Å². The lowest BCUT2D eigenvalue weighted by molar-refractivity contribution is 0.185. The standard InChI is InChI=1S/C14H24N6O/c1-15-12-17-13(16-6-4-11-5-9-21-10-11)19-14(18-12)20-7-2-3-8-20/h11H,2-10H2,1H3,(H2,15,16,17,18,19). The van der Waals surface area contributed by atoms with Crippen molar-refractivity contribution in [3.8, 4) is 0 Å². The van der Waals surface area contributed by atoms with Gasteiger partial charge in [0.05, 0.1) is 0 Å². The Labute approximate surface area is 125 Å². The fraction of sp³-hybridized carbons (Fsp3) is 0.786. The molecule has 2 fully saturated rings. The Hall–Kier alpha value is -1.63. The Balaban J connectivity index is 1.61. The third-order valence-electron chi connectivity index (χ3n) is 4.10. The van der Waals surface area contributed by atoms with Crippen LogP contribution in [0.15, 0.2) is 0 Å². The maximum Gasteiger partial charge on any atom is 0.231 e. The molecule has 1 atom stereocenters. The van der Waals surface area contributed by atoms with E-state index in [4.69, 9.17) is 4.74 Å². The number of hydrogen-bond acceptors (Lipinski definition) is 7. The highest BCUT2D eigenvalue weighted by Gasteiger charge is 2.18. The summed E-state index contributed by atoms with van der Waals surface area (Å²) in [5.41, 5.74) is 0. The minimum atomic E-state index is 0.624. The first kappa shape index (κ1) is 14.3. The van der Waals surface area contributed by atoms with Crippen molar-refractivity contribution in [3.05, 3.63) is 0 Å². The molecule has 116 valence electrons. The molecule has 7 nitrogen and oxygen atoms in total. The van der Waals surface area contributed by atoms with Gasteiger partial charge in [-0.15, -0.1) is 0 Å². The first-order valence-corrected chi connectivity index (χ1v) is 7.85. The summed E-state index contributed by atoms with van der Waals surface area (Å²) in [6.45, 7) is 4.73. The third-order valence-corrected chi connectivity index (χ3v) is 4.10. The van der Waals surface area contributed by atoms with Crippen LogP contribution in [0.4, 0.5) is 17.8 Å². The predicted octanol–water partition coefficient (Wildman–Crippen LogP) is 1.35. The number of nitrogens with one attached hydrogen (secondary N) is 2. The zero-order chi connectivity index (χ0) is 14.5. The second kappa shape index (κ2) is 6.89. The molecule has 0 amide bonds. The number of ether oxygens (including phenoxy) is 1. The smallest absolute Gasteiger partial charge is 0.231 e. The van der Waals surface area contributed by atoms with Gasteiger partial charge in [-0.2, -0.15) is 15.0 Å². The lowest BCUT2D eigenvalue weighted by Crippen LogP contribution is -2.22. The molecule has 2 aliphatic rings. The van der Waals surface area contributed by atoms with Crippen molar-refractivity contribution in [2.75, 3.05) is 55.4 Å². The van der Waals surface area contributed by atoms with Crippen LogP contribution in [-0.2, 0) is 4.74 Å². The van der Waals surface area contributed by atoms with Gasteiger partial charge in [0.2, 0.25) is 17.8 Å². The minimum absolute atomic E-state index is 0.624. The van der Waals surface area contributed by atoms with E-state index in [1.807, 2.05) is 7.05 Å². The summed E-state index contributed by atoms with van der Waals surface area (Å²) in [6, 6.07) is 0. The van der Waals surface area contributed by atoms with Gasteiger partial charge in [-0.05, 0) is 31.6 Å². The zero-order valence-corrected chi connectivity index (χ0v) is 12.6. The average molecular weight is 292 g/mol. The van der Waals surface area contributed by atoms with Crippen molar-refractivity contribution in [2.24, 2.45) is 5.92 Å². The molecule has 0 spiro atoms. The van der Waals surface area contributed by atoms with Crippen LogP contribution in [0.1, 0.15) is 25.7 Å². The highest BCUT2D eigenvalue weighted by molar-refractivity contribution is 5.44. The van der Waals surface area contributed by atoms with E-state index in [2.05, 4.69) is 30.5 Å². The summed E-state index contributed by atoms with van der Waals surface area (Å²) in [5, 5.41) is 6.34. The van der Waals surface area contributed by atoms with Crippen LogP contribution in [-0.4, -0.2) is 54.8 Å². The Kier molecular flexibility index (Phi) is 4.69. The van der Waals surface area contributed by atoms with Crippen molar-refractivity contribution < 1.29 is 4.74 Å². The van der Waals surface area contributed by atoms with E-state index in [1.165, 1.54) is 19.3 Å². The van der Waals surface area contributed by atoms with Crippen molar-refractivity contribution in [2.45, 2.75) is 25.7 Å². The maximum atomic E-state index is 5.40. The van der Waals surface area contributed by atoms with Gasteiger partial charge >= 0.3 is 0 Å². The SMILES string of the molecule is CNc1nc(NCCC2CCOC2)nc(N2CCCC2)n1. The van der Waals surface area contributed by atoms with Crippen molar-refractivity contribution in [1.82, 2.24) is 15.0 Å². The summed E-state index contributed by atoms with van der Waals surface area (Å²) >= 11 is 0. The number of rotatable bonds is 6. The van der Waals surface area contributed by atoms with Crippen LogP contribution < -0.4 is 15.5 Å². The maximum absolute atomic E-state index is 5.40. The van der Waals surface area contributed by atoms with E-state index in [0.29, 0.717) is 17.8 Å². The Morgan fingerprint density at radius 1 is 1.19 bits per heavy atom. The molecule has 0 aliphatic carbocycles. The van der Waals surface area contributed by atoms with Crippen LogP contribution in [0, 0.1) is 5.92 Å². The lowest BCUT2D eigenvalue weighted by Gasteiger charge is -2.17. The molecule has 1 aromatic heterocycles. The Morgan fingerprint density at radius 3 is 2.71 bits per heavy atom. The van der Waals surface area contributed by atoms with Crippen molar-refractivity contribution in [1.29, 1.82) is 0 Å². The normalized spacial score (nSPS) is 21.8. The monoisotopic (exact) mass is 292 g/mol. The van der Waals surface area contributed by atoms with E-state index < -0.39 is 0 Å². The molecule has 0 saturated carbocycles. The first-order chi connectivity index (χ1) is 10.3. The molecule has 2 N–H and O–H groups in total. The first-order valence-electron chi connectivity index (χ1n) is 7.85. The summed E-state index contributed by atoms with van der Waals surface area (Å²) in [5.74, 6) is 2.73. The molecule has 21 heavy (non-hydrogen) atoms. The van der Waals surface area contributed by atoms with E-state index in [0.717, 1.165) is 45.2 Å². The fourth-order valence-corrected chi connectivity index (χ4v) is 2.81. The quantitative estimate of drug-likeness (QED) is 0.819. The lowest BCUT2D eigenvalue weighted by atomic mass is 10.1. The van der Waals surface area contributed by atoms with Gasteiger partial charge in [0, 0.05) is 39.9 Å². The average Bonchev–Trinajstić information content (AvgIpc) is 3.20. The molecule has 1 unspecified atom stereocenters. The Bertz CT molecular complexity index is 457. The van der Waals surface area contributed by atoms with Crippen LogP contribution in [0.3, 0.4) is 0 Å². The largest absolute Gasteiger partial charge is 0.381 e. The molecule has 0 bridgehead atoms. The van der Waals surface area contributed by atoms with Gasteiger partial charge in [-0.3, -0.25) is 0 Å². The summed E-state index contributed by atoms with van der Waals surface area (Å²) in [6.07, 6.45) is 4.69. The third kappa shape index (κ3) is 3.72. The van der Waals surface area contributed by atoms with Crippen molar-refractivity contribution >= 4 is 17.8 Å². The van der Waals surface area contributed by atoms with E-state index in [-0.39, 0.29) is 0 Å². The topological polar surface area (TPSA) is 75.2 Å². The number of anilines is 3. The minimum Gasteiger partial charge on any atom is -0.381 e. The molecular formula is C14H24N6O. The summed E-state index contributed by atoms with van der Waals surface area (Å²) in [4.78, 5) is 15.6. The fourth-order valence-electron chi connectivity index (χ4n) is 2.81. The molecule has 2 aliphatic heterocycles. The van der Waals surface area contributed by atoms with Gasteiger partial charge in [0.1, 0.15) is 0 Å². The van der Waals surface area contributed by atoms with Crippen LogP contribution in [0.2, 0.25) is 0 Å². The number of aromatic nitrogens is 3.